The average molecular weight is 481 g/mol. The highest BCUT2D eigenvalue weighted by atomic mass is 35.5. The molecule has 4 rings (SSSR count). The highest BCUT2D eigenvalue weighted by Crippen LogP contribution is 2.37. The van der Waals surface area contributed by atoms with Gasteiger partial charge in [-0.2, -0.15) is 0 Å². The number of ether oxygens (including phenoxy) is 1. The second-order valence-electron chi connectivity index (χ2n) is 8.26. The summed E-state index contributed by atoms with van der Waals surface area (Å²) in [6.07, 6.45) is -5.93. The van der Waals surface area contributed by atoms with E-state index in [-0.39, 0.29) is 5.56 Å². The minimum atomic E-state index is -2.33. The molecule has 1 heterocycles. The summed E-state index contributed by atoms with van der Waals surface area (Å²) in [4.78, 5) is 0. The van der Waals surface area contributed by atoms with E-state index in [1.54, 1.807) is 12.1 Å². The molecule has 0 aliphatic carbocycles. The first-order valence-corrected chi connectivity index (χ1v) is 11.2. The van der Waals surface area contributed by atoms with E-state index >= 15 is 0 Å². The van der Waals surface area contributed by atoms with Gasteiger partial charge in [-0.05, 0) is 53.9 Å². The molecule has 0 radical (unpaired) electrons. The number of halogens is 1. The van der Waals surface area contributed by atoms with Crippen molar-refractivity contribution in [2.45, 2.75) is 36.6 Å². The number of aliphatic hydroxyl groups is 5. The molecule has 5 atom stereocenters. The summed E-state index contributed by atoms with van der Waals surface area (Å²) >= 11 is 6.39. The van der Waals surface area contributed by atoms with E-state index in [0.717, 1.165) is 16.7 Å². The van der Waals surface area contributed by atoms with Gasteiger partial charge in [0.05, 0.1) is 6.61 Å². The van der Waals surface area contributed by atoms with Crippen molar-refractivity contribution in [2.24, 2.45) is 0 Å². The molecule has 0 saturated carbocycles. The minimum absolute atomic E-state index is 0.147. The summed E-state index contributed by atoms with van der Waals surface area (Å²) in [6.45, 7) is -0.646. The lowest BCUT2D eigenvalue weighted by atomic mass is 9.87. The summed E-state index contributed by atoms with van der Waals surface area (Å²) in [5.74, 6) is 3.91. The minimum Gasteiger partial charge on any atom is -0.394 e. The normalized spacial score (nSPS) is 26.5. The van der Waals surface area contributed by atoms with Gasteiger partial charge < -0.3 is 30.3 Å². The van der Waals surface area contributed by atoms with Crippen LogP contribution in [0.15, 0.2) is 72.8 Å². The molecule has 0 unspecified atom stereocenters. The summed E-state index contributed by atoms with van der Waals surface area (Å²) in [5, 5.41) is 51.5. The van der Waals surface area contributed by atoms with Gasteiger partial charge in [0.1, 0.15) is 24.4 Å². The van der Waals surface area contributed by atoms with Crippen LogP contribution in [0.3, 0.4) is 0 Å². The quantitative estimate of drug-likeness (QED) is 0.365. The maximum atomic E-state index is 11.1. The van der Waals surface area contributed by atoms with Crippen LogP contribution < -0.4 is 0 Å². The van der Waals surface area contributed by atoms with Crippen LogP contribution in [0, 0.1) is 11.8 Å². The van der Waals surface area contributed by atoms with Crippen LogP contribution in [0.5, 0.6) is 0 Å². The lowest BCUT2D eigenvalue weighted by Crippen LogP contribution is -2.63. The lowest BCUT2D eigenvalue weighted by Gasteiger charge is -2.45. The fourth-order valence-corrected chi connectivity index (χ4v) is 4.10. The molecule has 0 bridgehead atoms. The van der Waals surface area contributed by atoms with Gasteiger partial charge in [-0.1, -0.05) is 59.8 Å². The molecule has 1 aliphatic rings. The molecule has 0 aromatic heterocycles. The van der Waals surface area contributed by atoms with Crippen molar-refractivity contribution in [2.75, 3.05) is 6.61 Å². The molecule has 7 heteroatoms. The van der Waals surface area contributed by atoms with Crippen molar-refractivity contribution >= 4 is 11.6 Å². The molecule has 1 aliphatic heterocycles. The first-order chi connectivity index (χ1) is 16.3. The third-order valence-electron chi connectivity index (χ3n) is 5.90. The Morgan fingerprint density at radius 3 is 2.15 bits per heavy atom. The summed E-state index contributed by atoms with van der Waals surface area (Å²) in [5.41, 5.74) is 3.55. The molecule has 3 aromatic rings. The second-order valence-corrected chi connectivity index (χ2v) is 8.66. The largest absolute Gasteiger partial charge is 0.394 e. The van der Waals surface area contributed by atoms with Crippen molar-refractivity contribution in [1.29, 1.82) is 0 Å². The van der Waals surface area contributed by atoms with Crippen molar-refractivity contribution in [3.05, 3.63) is 106 Å². The van der Waals surface area contributed by atoms with Gasteiger partial charge in [0, 0.05) is 21.7 Å². The zero-order valence-electron chi connectivity index (χ0n) is 18.2. The van der Waals surface area contributed by atoms with Crippen LogP contribution >= 0.6 is 11.6 Å². The SMILES string of the molecule is OC[C@H]1O[C@@](O)(c2ccc(Cl)c(Cc3ccc(C#Cc4ccccc4)cc3)c2)[C@H](O)[C@@H](O)[C@@H]1O. The van der Waals surface area contributed by atoms with Crippen molar-refractivity contribution in [3.8, 4) is 11.8 Å². The zero-order chi connectivity index (χ0) is 24.3. The van der Waals surface area contributed by atoms with Gasteiger partial charge in [0.2, 0.25) is 5.79 Å². The third-order valence-corrected chi connectivity index (χ3v) is 6.27. The molecule has 6 nitrogen and oxygen atoms in total. The highest BCUT2D eigenvalue weighted by Gasteiger charge is 2.53. The Labute approximate surface area is 202 Å². The van der Waals surface area contributed by atoms with Crippen LogP contribution in [-0.4, -0.2) is 56.6 Å². The van der Waals surface area contributed by atoms with E-state index in [9.17, 15) is 25.5 Å². The Morgan fingerprint density at radius 1 is 0.853 bits per heavy atom. The lowest BCUT2D eigenvalue weighted by molar-refractivity contribution is -0.357. The second kappa shape index (κ2) is 10.3. The van der Waals surface area contributed by atoms with E-state index in [0.29, 0.717) is 17.0 Å². The van der Waals surface area contributed by atoms with E-state index in [1.165, 1.54) is 6.07 Å². The van der Waals surface area contributed by atoms with Crippen LogP contribution in [0.2, 0.25) is 5.02 Å². The van der Waals surface area contributed by atoms with Crippen molar-refractivity contribution in [3.63, 3.8) is 0 Å². The fourth-order valence-electron chi connectivity index (χ4n) is 3.92. The number of hydrogen-bond acceptors (Lipinski definition) is 6. The predicted octanol–water partition coefficient (Wildman–Crippen LogP) is 1.95. The molecule has 3 aromatic carbocycles. The number of benzene rings is 3. The van der Waals surface area contributed by atoms with Gasteiger partial charge in [-0.15, -0.1) is 0 Å². The Bertz CT molecular complexity index is 1190. The Balaban J connectivity index is 1.55. The Kier molecular flexibility index (Phi) is 7.36. The zero-order valence-corrected chi connectivity index (χ0v) is 18.9. The molecule has 176 valence electrons. The summed E-state index contributed by atoms with van der Waals surface area (Å²) < 4.78 is 5.42. The van der Waals surface area contributed by atoms with E-state index in [4.69, 9.17) is 16.3 Å². The molecular formula is C27H25ClO6. The maximum absolute atomic E-state index is 11.1. The third kappa shape index (κ3) is 5.02. The number of aliphatic hydroxyl groups excluding tert-OH is 4. The van der Waals surface area contributed by atoms with E-state index in [2.05, 4.69) is 11.8 Å². The molecule has 5 N–H and O–H groups in total. The molecule has 1 fully saturated rings. The molecule has 1 saturated heterocycles. The highest BCUT2D eigenvalue weighted by molar-refractivity contribution is 6.31. The molecule has 0 amide bonds. The predicted molar refractivity (Wildman–Crippen MR) is 127 cm³/mol. The van der Waals surface area contributed by atoms with Crippen LogP contribution in [0.4, 0.5) is 0 Å². The van der Waals surface area contributed by atoms with Gasteiger partial charge in [0.25, 0.3) is 0 Å². The summed E-state index contributed by atoms with van der Waals surface area (Å²) in [6, 6.07) is 22.0. The topological polar surface area (TPSA) is 110 Å². The van der Waals surface area contributed by atoms with Crippen molar-refractivity contribution in [1.82, 2.24) is 0 Å². The average Bonchev–Trinajstić information content (AvgIpc) is 2.86. The van der Waals surface area contributed by atoms with Gasteiger partial charge >= 0.3 is 0 Å². The first-order valence-electron chi connectivity index (χ1n) is 10.8. The Morgan fingerprint density at radius 2 is 1.50 bits per heavy atom. The van der Waals surface area contributed by atoms with Crippen LogP contribution in [-0.2, 0) is 16.9 Å². The number of hydrogen-bond donors (Lipinski definition) is 5. The molecular weight excluding hydrogens is 456 g/mol. The van der Waals surface area contributed by atoms with Crippen LogP contribution in [0.1, 0.15) is 27.8 Å². The maximum Gasteiger partial charge on any atom is 0.222 e. The summed E-state index contributed by atoms with van der Waals surface area (Å²) in [7, 11) is 0. The first kappa shape index (κ1) is 24.4. The standard InChI is InChI=1S/C27H25ClO6/c28-22-13-12-21(27(33)26(32)25(31)24(30)23(16-29)34-27)15-20(22)14-19-10-8-18(9-11-19)7-6-17-4-2-1-3-5-17/h1-5,8-13,15,23-26,29-33H,14,16H2/t23-,24-,25+,26-,27+/m1/s1. The smallest absolute Gasteiger partial charge is 0.222 e. The monoisotopic (exact) mass is 480 g/mol. The van der Waals surface area contributed by atoms with Gasteiger partial charge in [-0.3, -0.25) is 0 Å². The fraction of sp³-hybridized carbons (Fsp3) is 0.259. The Hall–Kier alpha value is -2.73. The molecule has 34 heavy (non-hydrogen) atoms. The van der Waals surface area contributed by atoms with Gasteiger partial charge in [-0.25, -0.2) is 0 Å². The van der Waals surface area contributed by atoms with Crippen molar-refractivity contribution < 1.29 is 30.3 Å². The molecule has 0 spiro atoms. The van der Waals surface area contributed by atoms with E-state index < -0.39 is 36.8 Å². The number of rotatable bonds is 4. The van der Waals surface area contributed by atoms with E-state index in [1.807, 2.05) is 54.6 Å². The van der Waals surface area contributed by atoms with Gasteiger partial charge in [0.15, 0.2) is 0 Å². The van der Waals surface area contributed by atoms with Crippen LogP contribution in [0.25, 0.3) is 0 Å².